The van der Waals surface area contributed by atoms with Gasteiger partial charge in [0.15, 0.2) is 0 Å². The Morgan fingerprint density at radius 3 is 2.38 bits per heavy atom. The summed E-state index contributed by atoms with van der Waals surface area (Å²) in [6.07, 6.45) is 6.81. The number of likely N-dealkylation sites (N-methyl/N-ethyl adjacent to an activating group) is 1. The normalized spacial score (nSPS) is 17.7. The number of rotatable bonds is 3. The number of hydrogen-bond acceptors (Lipinski definition) is 1. The van der Waals surface area contributed by atoms with Gasteiger partial charge in [0.1, 0.15) is 0 Å². The number of allylic oxidation sites excluding steroid dienone is 2. The number of aryl methyl sites for hydroxylation is 1. The van der Waals surface area contributed by atoms with Gasteiger partial charge in [-0.3, -0.25) is 0 Å². The fourth-order valence-corrected chi connectivity index (χ4v) is 2.90. The molecule has 0 saturated heterocycles. The predicted octanol–water partition coefficient (Wildman–Crippen LogP) is 4.97. The fraction of sp³-hybridized carbons (Fsp3) is 0.200. The molecule has 21 heavy (non-hydrogen) atoms. The van der Waals surface area contributed by atoms with Crippen LogP contribution in [0.4, 0.5) is 0 Å². The topological polar surface area (TPSA) is 3.24 Å². The molecule has 1 aliphatic heterocycles. The second-order valence-corrected chi connectivity index (χ2v) is 5.44. The molecule has 1 atom stereocenters. The highest BCUT2D eigenvalue weighted by atomic mass is 15.1. The minimum Gasteiger partial charge on any atom is -0.367 e. The van der Waals surface area contributed by atoms with E-state index in [1.54, 1.807) is 0 Å². The molecule has 106 valence electrons. The molecule has 0 N–H and O–H groups in total. The van der Waals surface area contributed by atoms with E-state index >= 15 is 0 Å². The zero-order valence-electron chi connectivity index (χ0n) is 12.7. The molecule has 0 radical (unpaired) electrons. The van der Waals surface area contributed by atoms with E-state index in [4.69, 9.17) is 0 Å². The number of benzene rings is 2. The standard InChI is InChI=1S/C20H21N/c1-3-21-14-13-18(17-10-5-4-6-11-17)15-20(21)19-12-8-7-9-16(19)2/h4-15,20H,3H2,1-2H3. The summed E-state index contributed by atoms with van der Waals surface area (Å²) in [6.45, 7) is 5.41. The Kier molecular flexibility index (Phi) is 3.92. The molecule has 0 bridgehead atoms. The second-order valence-electron chi connectivity index (χ2n) is 5.44. The summed E-state index contributed by atoms with van der Waals surface area (Å²) >= 11 is 0. The zero-order valence-corrected chi connectivity index (χ0v) is 12.7. The van der Waals surface area contributed by atoms with Crippen LogP contribution in [0.3, 0.4) is 0 Å². The summed E-state index contributed by atoms with van der Waals surface area (Å²) in [6, 6.07) is 19.6. The molecule has 1 aliphatic rings. The Morgan fingerprint density at radius 1 is 0.952 bits per heavy atom. The van der Waals surface area contributed by atoms with Crippen molar-refractivity contribution in [2.24, 2.45) is 0 Å². The molecular weight excluding hydrogens is 254 g/mol. The van der Waals surface area contributed by atoms with Crippen molar-refractivity contribution in [3.63, 3.8) is 0 Å². The molecule has 2 aromatic carbocycles. The van der Waals surface area contributed by atoms with Crippen LogP contribution in [-0.4, -0.2) is 11.4 Å². The van der Waals surface area contributed by atoms with E-state index in [1.807, 2.05) is 0 Å². The number of nitrogens with zero attached hydrogens (tertiary/aromatic N) is 1. The largest absolute Gasteiger partial charge is 0.367 e. The van der Waals surface area contributed by atoms with Crippen LogP contribution in [0.25, 0.3) is 5.57 Å². The van der Waals surface area contributed by atoms with Crippen molar-refractivity contribution in [1.82, 2.24) is 4.90 Å². The number of hydrogen-bond donors (Lipinski definition) is 0. The smallest absolute Gasteiger partial charge is 0.0732 e. The van der Waals surface area contributed by atoms with Gasteiger partial charge in [-0.25, -0.2) is 0 Å². The highest BCUT2D eigenvalue weighted by molar-refractivity contribution is 5.75. The van der Waals surface area contributed by atoms with Crippen LogP contribution in [0.2, 0.25) is 0 Å². The third-order valence-electron chi connectivity index (χ3n) is 4.12. The molecule has 1 heteroatoms. The average Bonchev–Trinajstić information content (AvgIpc) is 2.55. The Bertz CT molecular complexity index is 667. The molecule has 2 aromatic rings. The van der Waals surface area contributed by atoms with Crippen LogP contribution in [0, 0.1) is 6.92 Å². The quantitative estimate of drug-likeness (QED) is 0.764. The van der Waals surface area contributed by atoms with Crippen molar-refractivity contribution < 1.29 is 0 Å². The first-order chi connectivity index (χ1) is 10.3. The van der Waals surface area contributed by atoms with E-state index in [0.29, 0.717) is 6.04 Å². The van der Waals surface area contributed by atoms with Gasteiger partial charge in [-0.05, 0) is 48.3 Å². The average molecular weight is 275 g/mol. The van der Waals surface area contributed by atoms with Crippen molar-refractivity contribution >= 4 is 5.57 Å². The maximum atomic E-state index is 2.38. The van der Waals surface area contributed by atoms with Crippen molar-refractivity contribution in [3.05, 3.63) is 89.6 Å². The minimum absolute atomic E-state index is 0.316. The maximum Gasteiger partial charge on any atom is 0.0732 e. The zero-order chi connectivity index (χ0) is 14.7. The van der Waals surface area contributed by atoms with Gasteiger partial charge in [-0.2, -0.15) is 0 Å². The third kappa shape index (κ3) is 2.78. The SMILES string of the molecule is CCN1C=CC(c2ccccc2)=CC1c1ccccc1C. The summed E-state index contributed by atoms with van der Waals surface area (Å²) in [4.78, 5) is 2.38. The van der Waals surface area contributed by atoms with E-state index in [0.717, 1.165) is 6.54 Å². The molecule has 0 saturated carbocycles. The Morgan fingerprint density at radius 2 is 1.67 bits per heavy atom. The molecule has 0 aromatic heterocycles. The maximum absolute atomic E-state index is 2.38. The van der Waals surface area contributed by atoms with E-state index < -0.39 is 0 Å². The molecular formula is C20H21N. The summed E-state index contributed by atoms with van der Waals surface area (Å²) in [5.74, 6) is 0. The van der Waals surface area contributed by atoms with Crippen LogP contribution in [0.15, 0.2) is 72.9 Å². The van der Waals surface area contributed by atoms with Crippen molar-refractivity contribution in [2.45, 2.75) is 19.9 Å². The van der Waals surface area contributed by atoms with Gasteiger partial charge in [0.05, 0.1) is 6.04 Å². The van der Waals surface area contributed by atoms with Gasteiger partial charge in [0, 0.05) is 12.7 Å². The molecule has 0 amide bonds. The van der Waals surface area contributed by atoms with E-state index in [1.165, 1.54) is 22.3 Å². The van der Waals surface area contributed by atoms with Gasteiger partial charge in [-0.15, -0.1) is 0 Å². The van der Waals surface area contributed by atoms with Crippen LogP contribution >= 0.6 is 0 Å². The van der Waals surface area contributed by atoms with Gasteiger partial charge >= 0.3 is 0 Å². The van der Waals surface area contributed by atoms with Gasteiger partial charge in [0.25, 0.3) is 0 Å². The van der Waals surface area contributed by atoms with Gasteiger partial charge in [0.2, 0.25) is 0 Å². The first kappa shape index (κ1) is 13.7. The summed E-state index contributed by atoms with van der Waals surface area (Å²) in [5.41, 5.74) is 5.31. The second kappa shape index (κ2) is 6.01. The molecule has 1 nitrogen and oxygen atoms in total. The molecule has 3 rings (SSSR count). The fourth-order valence-electron chi connectivity index (χ4n) is 2.90. The van der Waals surface area contributed by atoms with Crippen LogP contribution < -0.4 is 0 Å². The Balaban J connectivity index is 2.02. The van der Waals surface area contributed by atoms with Crippen molar-refractivity contribution in [2.75, 3.05) is 6.54 Å². The monoisotopic (exact) mass is 275 g/mol. The van der Waals surface area contributed by atoms with Crippen LogP contribution in [0.1, 0.15) is 29.7 Å². The predicted molar refractivity (Wildman–Crippen MR) is 89.9 cm³/mol. The van der Waals surface area contributed by atoms with E-state index in [2.05, 4.69) is 91.7 Å². The van der Waals surface area contributed by atoms with E-state index in [9.17, 15) is 0 Å². The highest BCUT2D eigenvalue weighted by Crippen LogP contribution is 2.32. The highest BCUT2D eigenvalue weighted by Gasteiger charge is 2.19. The lowest BCUT2D eigenvalue weighted by molar-refractivity contribution is 0.338. The van der Waals surface area contributed by atoms with Crippen LogP contribution in [-0.2, 0) is 0 Å². The lowest BCUT2D eigenvalue weighted by atomic mass is 9.93. The lowest BCUT2D eigenvalue weighted by Gasteiger charge is -2.32. The molecule has 0 fully saturated rings. The van der Waals surface area contributed by atoms with Gasteiger partial charge < -0.3 is 4.90 Å². The van der Waals surface area contributed by atoms with Crippen molar-refractivity contribution in [3.8, 4) is 0 Å². The molecule has 1 heterocycles. The van der Waals surface area contributed by atoms with Crippen LogP contribution in [0.5, 0.6) is 0 Å². The molecule has 0 spiro atoms. The summed E-state index contributed by atoms with van der Waals surface area (Å²) in [5, 5.41) is 0. The molecule has 0 aliphatic carbocycles. The summed E-state index contributed by atoms with van der Waals surface area (Å²) < 4.78 is 0. The Hall–Kier alpha value is -2.28. The Labute approximate surface area is 127 Å². The lowest BCUT2D eigenvalue weighted by Crippen LogP contribution is -2.24. The van der Waals surface area contributed by atoms with E-state index in [-0.39, 0.29) is 0 Å². The summed E-state index contributed by atoms with van der Waals surface area (Å²) in [7, 11) is 0. The molecule has 1 unspecified atom stereocenters. The van der Waals surface area contributed by atoms with Crippen molar-refractivity contribution in [1.29, 1.82) is 0 Å². The first-order valence-electron chi connectivity index (χ1n) is 7.56. The van der Waals surface area contributed by atoms with Gasteiger partial charge in [-0.1, -0.05) is 54.6 Å². The minimum atomic E-state index is 0.316. The third-order valence-corrected chi connectivity index (χ3v) is 4.12. The first-order valence-corrected chi connectivity index (χ1v) is 7.56.